The summed E-state index contributed by atoms with van der Waals surface area (Å²) in [5.74, 6) is 0.752. The van der Waals surface area contributed by atoms with Crippen LogP contribution in [0.2, 0.25) is 5.02 Å². The van der Waals surface area contributed by atoms with Crippen LogP contribution in [0.1, 0.15) is 11.6 Å². The summed E-state index contributed by atoms with van der Waals surface area (Å²) in [6, 6.07) is 5.55. The Balaban J connectivity index is 2.01. The van der Waals surface area contributed by atoms with Gasteiger partial charge in [-0.2, -0.15) is 0 Å². The van der Waals surface area contributed by atoms with Crippen molar-refractivity contribution < 1.29 is 9.47 Å². The van der Waals surface area contributed by atoms with Crippen LogP contribution in [0.4, 0.5) is 0 Å². The maximum atomic E-state index is 6.22. The van der Waals surface area contributed by atoms with Crippen LogP contribution >= 0.6 is 11.6 Å². The Hall–Kier alpha value is -0.810. The monoisotopic (exact) mass is 270 g/mol. The van der Waals surface area contributed by atoms with Gasteiger partial charge >= 0.3 is 0 Å². The summed E-state index contributed by atoms with van der Waals surface area (Å²) in [5, 5.41) is 0.662. The van der Waals surface area contributed by atoms with Crippen molar-refractivity contribution in [3.8, 4) is 5.75 Å². The summed E-state index contributed by atoms with van der Waals surface area (Å²) in [6.07, 6.45) is 0. The molecule has 1 fully saturated rings. The number of ether oxygens (including phenoxy) is 2. The third-order valence-electron chi connectivity index (χ3n) is 3.17. The molecule has 1 heterocycles. The molecule has 1 aliphatic rings. The lowest BCUT2D eigenvalue weighted by Gasteiger charge is -2.29. The Kier molecular flexibility index (Phi) is 4.83. The minimum atomic E-state index is -0.0819. The fourth-order valence-corrected chi connectivity index (χ4v) is 2.41. The highest BCUT2D eigenvalue weighted by Crippen LogP contribution is 2.26. The fourth-order valence-electron chi connectivity index (χ4n) is 2.10. The van der Waals surface area contributed by atoms with Crippen molar-refractivity contribution in [1.82, 2.24) is 4.90 Å². The topological polar surface area (TPSA) is 47.7 Å². The van der Waals surface area contributed by atoms with E-state index in [9.17, 15) is 0 Å². The Morgan fingerprint density at radius 3 is 2.78 bits per heavy atom. The third-order valence-corrected chi connectivity index (χ3v) is 3.49. The number of nitrogens with two attached hydrogens (primary N) is 1. The van der Waals surface area contributed by atoms with Crippen molar-refractivity contribution >= 4 is 11.6 Å². The fraction of sp³-hybridized carbons (Fsp3) is 0.538. The van der Waals surface area contributed by atoms with E-state index in [1.54, 1.807) is 13.2 Å². The number of rotatable bonds is 4. The van der Waals surface area contributed by atoms with Gasteiger partial charge < -0.3 is 15.2 Å². The molecule has 0 radical (unpaired) electrons. The molecule has 0 aliphatic carbocycles. The SMILES string of the molecule is COc1ccc(C(N)CN2CCOCC2)c(Cl)c1. The number of morpholine rings is 1. The van der Waals surface area contributed by atoms with Gasteiger partial charge in [-0.25, -0.2) is 0 Å². The van der Waals surface area contributed by atoms with E-state index in [1.165, 1.54) is 0 Å². The molecule has 0 spiro atoms. The summed E-state index contributed by atoms with van der Waals surface area (Å²) >= 11 is 6.22. The smallest absolute Gasteiger partial charge is 0.120 e. The van der Waals surface area contributed by atoms with Crippen molar-refractivity contribution in [2.45, 2.75) is 6.04 Å². The molecule has 1 aliphatic heterocycles. The Bertz CT molecular complexity index is 395. The quantitative estimate of drug-likeness (QED) is 0.904. The molecular weight excluding hydrogens is 252 g/mol. The highest BCUT2D eigenvalue weighted by atomic mass is 35.5. The van der Waals surface area contributed by atoms with Crippen LogP contribution in [0.25, 0.3) is 0 Å². The van der Waals surface area contributed by atoms with Crippen LogP contribution in [-0.4, -0.2) is 44.9 Å². The largest absolute Gasteiger partial charge is 0.497 e. The van der Waals surface area contributed by atoms with Crippen molar-refractivity contribution in [2.75, 3.05) is 40.0 Å². The van der Waals surface area contributed by atoms with E-state index >= 15 is 0 Å². The van der Waals surface area contributed by atoms with E-state index in [-0.39, 0.29) is 6.04 Å². The lowest BCUT2D eigenvalue weighted by atomic mass is 10.1. The molecule has 1 atom stereocenters. The highest BCUT2D eigenvalue weighted by molar-refractivity contribution is 6.31. The molecule has 18 heavy (non-hydrogen) atoms. The summed E-state index contributed by atoms with van der Waals surface area (Å²) < 4.78 is 10.4. The van der Waals surface area contributed by atoms with Gasteiger partial charge in [-0.15, -0.1) is 0 Å². The lowest BCUT2D eigenvalue weighted by Crippen LogP contribution is -2.40. The zero-order valence-electron chi connectivity index (χ0n) is 10.6. The molecule has 0 saturated carbocycles. The number of benzene rings is 1. The summed E-state index contributed by atoms with van der Waals surface area (Å²) in [4.78, 5) is 2.30. The van der Waals surface area contributed by atoms with Gasteiger partial charge in [0.25, 0.3) is 0 Å². The second-order valence-electron chi connectivity index (χ2n) is 4.41. The molecule has 0 aromatic heterocycles. The Morgan fingerprint density at radius 1 is 1.44 bits per heavy atom. The third kappa shape index (κ3) is 3.36. The first-order chi connectivity index (χ1) is 8.70. The molecule has 1 aromatic rings. The van der Waals surface area contributed by atoms with Crippen LogP contribution in [0.15, 0.2) is 18.2 Å². The van der Waals surface area contributed by atoms with Crippen LogP contribution < -0.4 is 10.5 Å². The van der Waals surface area contributed by atoms with Crippen molar-refractivity contribution in [1.29, 1.82) is 0 Å². The van der Waals surface area contributed by atoms with Gasteiger partial charge in [-0.3, -0.25) is 4.90 Å². The molecule has 0 bridgehead atoms. The maximum absolute atomic E-state index is 6.22. The second-order valence-corrected chi connectivity index (χ2v) is 4.81. The zero-order chi connectivity index (χ0) is 13.0. The van der Waals surface area contributed by atoms with Gasteiger partial charge in [0.2, 0.25) is 0 Å². The van der Waals surface area contributed by atoms with E-state index in [0.29, 0.717) is 5.02 Å². The second kappa shape index (κ2) is 6.38. The number of hydrogen-bond donors (Lipinski definition) is 1. The van der Waals surface area contributed by atoms with Gasteiger partial charge in [-0.05, 0) is 17.7 Å². The van der Waals surface area contributed by atoms with E-state index in [0.717, 1.165) is 44.2 Å². The highest BCUT2D eigenvalue weighted by Gasteiger charge is 2.17. The number of nitrogens with zero attached hydrogens (tertiary/aromatic N) is 1. The van der Waals surface area contributed by atoms with Gasteiger partial charge in [0.1, 0.15) is 5.75 Å². The van der Waals surface area contributed by atoms with Crippen molar-refractivity contribution in [2.24, 2.45) is 5.73 Å². The average molecular weight is 271 g/mol. The molecular formula is C13H19ClN2O2. The molecule has 2 rings (SSSR count). The summed E-state index contributed by atoms with van der Waals surface area (Å²) in [6.45, 7) is 4.23. The molecule has 2 N–H and O–H groups in total. The zero-order valence-corrected chi connectivity index (χ0v) is 11.3. The van der Waals surface area contributed by atoms with E-state index in [1.807, 2.05) is 12.1 Å². The van der Waals surface area contributed by atoms with Gasteiger partial charge in [0.05, 0.1) is 20.3 Å². The first-order valence-electron chi connectivity index (χ1n) is 6.10. The molecule has 1 unspecified atom stereocenters. The van der Waals surface area contributed by atoms with Crippen LogP contribution in [-0.2, 0) is 4.74 Å². The van der Waals surface area contributed by atoms with Gasteiger partial charge in [-0.1, -0.05) is 17.7 Å². The van der Waals surface area contributed by atoms with Crippen LogP contribution in [0, 0.1) is 0 Å². The minimum Gasteiger partial charge on any atom is -0.497 e. The van der Waals surface area contributed by atoms with Crippen LogP contribution in [0.5, 0.6) is 5.75 Å². The molecule has 100 valence electrons. The maximum Gasteiger partial charge on any atom is 0.120 e. The molecule has 4 nitrogen and oxygen atoms in total. The van der Waals surface area contributed by atoms with Gasteiger partial charge in [0.15, 0.2) is 0 Å². The standard InChI is InChI=1S/C13H19ClN2O2/c1-17-10-2-3-11(12(14)8-10)13(15)9-16-4-6-18-7-5-16/h2-3,8,13H,4-7,9,15H2,1H3. The molecule has 0 amide bonds. The summed E-state index contributed by atoms with van der Waals surface area (Å²) in [7, 11) is 1.62. The predicted molar refractivity (Wildman–Crippen MR) is 72.2 cm³/mol. The summed E-state index contributed by atoms with van der Waals surface area (Å²) in [5.41, 5.74) is 7.17. The van der Waals surface area contributed by atoms with E-state index < -0.39 is 0 Å². The Morgan fingerprint density at radius 2 is 2.17 bits per heavy atom. The first-order valence-corrected chi connectivity index (χ1v) is 6.47. The van der Waals surface area contributed by atoms with Crippen molar-refractivity contribution in [3.05, 3.63) is 28.8 Å². The number of halogens is 1. The van der Waals surface area contributed by atoms with Gasteiger partial charge in [0, 0.05) is 30.7 Å². The first kappa shape index (κ1) is 13.6. The number of methoxy groups -OCH3 is 1. The van der Waals surface area contributed by atoms with E-state index in [4.69, 9.17) is 26.8 Å². The molecule has 1 saturated heterocycles. The normalized spacial score (nSPS) is 18.6. The Labute approximate surface area is 113 Å². The van der Waals surface area contributed by atoms with Crippen molar-refractivity contribution in [3.63, 3.8) is 0 Å². The van der Waals surface area contributed by atoms with E-state index in [2.05, 4.69) is 4.90 Å². The average Bonchev–Trinajstić information content (AvgIpc) is 2.39. The lowest BCUT2D eigenvalue weighted by molar-refractivity contribution is 0.0352. The predicted octanol–water partition coefficient (Wildman–Crippen LogP) is 1.68. The number of hydrogen-bond acceptors (Lipinski definition) is 4. The van der Waals surface area contributed by atoms with Crippen LogP contribution in [0.3, 0.4) is 0 Å². The minimum absolute atomic E-state index is 0.0819. The molecule has 5 heteroatoms. The molecule has 1 aromatic carbocycles.